The van der Waals surface area contributed by atoms with Crippen molar-refractivity contribution in [1.29, 1.82) is 0 Å². The first-order valence-corrected chi connectivity index (χ1v) is 8.98. The highest BCUT2D eigenvalue weighted by Gasteiger charge is 2.32. The number of rotatable bonds is 3. The van der Waals surface area contributed by atoms with Crippen molar-refractivity contribution in [3.05, 3.63) is 28.9 Å². The molecule has 0 N–H and O–H groups in total. The molecule has 1 saturated carbocycles. The Labute approximate surface area is 142 Å². The van der Waals surface area contributed by atoms with Crippen LogP contribution in [0.25, 0.3) is 11.0 Å². The molecule has 4 nitrogen and oxygen atoms in total. The third-order valence-electron chi connectivity index (χ3n) is 5.49. The number of imidazole rings is 1. The van der Waals surface area contributed by atoms with Crippen molar-refractivity contribution < 1.29 is 4.39 Å². The van der Waals surface area contributed by atoms with Crippen LogP contribution in [0.3, 0.4) is 0 Å². The molecular weight excluding hydrogens is 305 g/mol. The fourth-order valence-corrected chi connectivity index (χ4v) is 4.11. The minimum absolute atomic E-state index is 0.0887. The maximum atomic E-state index is 13.5. The standard InChI is InChI=1S/C19H28FN3O/c1-13(20)12-22-17-11-21-10-9-16(17)23(18(22)24)15-7-5-14(6-8-15)19(2,3)4/h9-11,13-15H,5-8,12H2,1-4H3. The summed E-state index contributed by atoms with van der Waals surface area (Å²) in [6.07, 6.45) is 6.62. The topological polar surface area (TPSA) is 39.8 Å². The predicted molar refractivity (Wildman–Crippen MR) is 95.0 cm³/mol. The number of halogens is 1. The van der Waals surface area contributed by atoms with Crippen LogP contribution in [0.15, 0.2) is 23.3 Å². The van der Waals surface area contributed by atoms with E-state index in [1.54, 1.807) is 17.0 Å². The van der Waals surface area contributed by atoms with Crippen LogP contribution in [0.1, 0.15) is 59.4 Å². The number of hydrogen-bond donors (Lipinski definition) is 0. The Morgan fingerprint density at radius 3 is 2.50 bits per heavy atom. The lowest BCUT2D eigenvalue weighted by Gasteiger charge is -2.37. The first kappa shape index (κ1) is 17.2. The molecule has 2 heterocycles. The van der Waals surface area contributed by atoms with Crippen LogP contribution < -0.4 is 5.69 Å². The quantitative estimate of drug-likeness (QED) is 0.838. The smallest absolute Gasteiger partial charge is 0.289 e. The molecule has 0 spiro atoms. The average molecular weight is 333 g/mol. The van der Waals surface area contributed by atoms with Gasteiger partial charge >= 0.3 is 5.69 Å². The molecule has 24 heavy (non-hydrogen) atoms. The Bertz CT molecular complexity index is 761. The lowest BCUT2D eigenvalue weighted by Crippen LogP contribution is -2.33. The van der Waals surface area contributed by atoms with Crippen molar-refractivity contribution in [1.82, 2.24) is 14.1 Å². The van der Waals surface area contributed by atoms with Crippen molar-refractivity contribution in [2.75, 3.05) is 0 Å². The van der Waals surface area contributed by atoms with E-state index in [9.17, 15) is 9.18 Å². The third kappa shape index (κ3) is 3.13. The second-order valence-corrected chi connectivity index (χ2v) is 8.28. The zero-order valence-electron chi connectivity index (χ0n) is 15.1. The van der Waals surface area contributed by atoms with E-state index in [1.807, 2.05) is 10.6 Å². The van der Waals surface area contributed by atoms with Gasteiger partial charge in [-0.2, -0.15) is 0 Å². The first-order valence-electron chi connectivity index (χ1n) is 8.98. The van der Waals surface area contributed by atoms with E-state index in [0.29, 0.717) is 11.3 Å². The fraction of sp³-hybridized carbons (Fsp3) is 0.684. The van der Waals surface area contributed by atoms with Gasteiger partial charge in [0, 0.05) is 12.2 Å². The number of pyridine rings is 1. The van der Waals surface area contributed by atoms with Gasteiger partial charge in [0.15, 0.2) is 0 Å². The Hall–Kier alpha value is -1.65. The summed E-state index contributed by atoms with van der Waals surface area (Å²) in [5, 5.41) is 0. The van der Waals surface area contributed by atoms with Crippen LogP contribution >= 0.6 is 0 Å². The molecule has 1 unspecified atom stereocenters. The van der Waals surface area contributed by atoms with Gasteiger partial charge in [0.2, 0.25) is 0 Å². The molecule has 2 aromatic heterocycles. The summed E-state index contributed by atoms with van der Waals surface area (Å²) in [5.41, 5.74) is 1.85. The summed E-state index contributed by atoms with van der Waals surface area (Å²) < 4.78 is 17.0. The van der Waals surface area contributed by atoms with Gasteiger partial charge in [-0.3, -0.25) is 14.1 Å². The van der Waals surface area contributed by atoms with Crippen molar-refractivity contribution in [3.8, 4) is 0 Å². The van der Waals surface area contributed by atoms with Gasteiger partial charge in [-0.05, 0) is 50.0 Å². The zero-order chi connectivity index (χ0) is 17.5. The molecule has 1 aliphatic carbocycles. The van der Waals surface area contributed by atoms with Crippen LogP contribution in [0.4, 0.5) is 4.39 Å². The average Bonchev–Trinajstić information content (AvgIpc) is 2.79. The van der Waals surface area contributed by atoms with Crippen LogP contribution in [0, 0.1) is 11.3 Å². The second kappa shape index (κ2) is 6.34. The molecule has 0 aliphatic heterocycles. The van der Waals surface area contributed by atoms with Crippen LogP contribution in [0.2, 0.25) is 0 Å². The van der Waals surface area contributed by atoms with Crippen molar-refractivity contribution in [3.63, 3.8) is 0 Å². The monoisotopic (exact) mass is 333 g/mol. The SMILES string of the molecule is CC(F)Cn1c(=O)n(C2CCC(C(C)(C)C)CC2)c2ccncc21. The molecule has 0 aromatic carbocycles. The number of aromatic nitrogens is 3. The Kier molecular flexibility index (Phi) is 4.54. The van der Waals surface area contributed by atoms with Crippen LogP contribution in [-0.4, -0.2) is 20.3 Å². The highest BCUT2D eigenvalue weighted by molar-refractivity contribution is 5.75. The molecule has 1 atom stereocenters. The second-order valence-electron chi connectivity index (χ2n) is 8.28. The minimum atomic E-state index is -1.06. The molecule has 0 saturated heterocycles. The summed E-state index contributed by atoms with van der Waals surface area (Å²) in [6.45, 7) is 8.46. The molecule has 0 amide bonds. The minimum Gasteiger partial charge on any atom is -0.289 e. The van der Waals surface area contributed by atoms with E-state index in [1.165, 1.54) is 6.92 Å². The molecule has 3 rings (SSSR count). The van der Waals surface area contributed by atoms with E-state index < -0.39 is 6.17 Å². The van der Waals surface area contributed by atoms with E-state index in [2.05, 4.69) is 25.8 Å². The number of hydrogen-bond acceptors (Lipinski definition) is 2. The molecule has 1 fully saturated rings. The molecule has 0 radical (unpaired) electrons. The zero-order valence-corrected chi connectivity index (χ0v) is 15.1. The van der Waals surface area contributed by atoms with E-state index in [4.69, 9.17) is 0 Å². The molecule has 1 aliphatic rings. The first-order chi connectivity index (χ1) is 11.3. The summed E-state index contributed by atoms with van der Waals surface area (Å²) in [4.78, 5) is 17.1. The lowest BCUT2D eigenvalue weighted by atomic mass is 9.71. The van der Waals surface area contributed by atoms with Crippen LogP contribution in [0.5, 0.6) is 0 Å². The maximum absolute atomic E-state index is 13.5. The van der Waals surface area contributed by atoms with Crippen molar-refractivity contribution in [2.45, 2.75) is 72.1 Å². The Morgan fingerprint density at radius 2 is 1.92 bits per heavy atom. The van der Waals surface area contributed by atoms with Gasteiger partial charge in [-0.25, -0.2) is 9.18 Å². The molecule has 132 valence electrons. The summed E-state index contributed by atoms with van der Waals surface area (Å²) >= 11 is 0. The Morgan fingerprint density at radius 1 is 1.25 bits per heavy atom. The van der Waals surface area contributed by atoms with Crippen molar-refractivity contribution >= 4 is 11.0 Å². The van der Waals surface area contributed by atoms with Gasteiger partial charge < -0.3 is 0 Å². The van der Waals surface area contributed by atoms with Crippen molar-refractivity contribution in [2.24, 2.45) is 11.3 Å². The molecule has 5 heteroatoms. The third-order valence-corrected chi connectivity index (χ3v) is 5.49. The summed E-state index contributed by atoms with van der Waals surface area (Å²) in [7, 11) is 0. The van der Waals surface area contributed by atoms with Crippen LogP contribution in [-0.2, 0) is 6.54 Å². The summed E-state index contributed by atoms with van der Waals surface area (Å²) in [6, 6.07) is 2.09. The number of alkyl halides is 1. The fourth-order valence-electron chi connectivity index (χ4n) is 4.11. The van der Waals surface area contributed by atoms with E-state index >= 15 is 0 Å². The molecule has 0 bridgehead atoms. The lowest BCUT2D eigenvalue weighted by molar-refractivity contribution is 0.152. The maximum Gasteiger partial charge on any atom is 0.329 e. The van der Waals surface area contributed by atoms with Gasteiger partial charge in [0.05, 0.1) is 23.8 Å². The van der Waals surface area contributed by atoms with Gasteiger partial charge in [0.1, 0.15) is 6.17 Å². The Balaban J connectivity index is 1.96. The van der Waals surface area contributed by atoms with Gasteiger partial charge in [-0.1, -0.05) is 20.8 Å². The predicted octanol–water partition coefficient (Wildman–Crippen LogP) is 4.33. The number of fused-ring (bicyclic) bond motifs is 1. The van der Waals surface area contributed by atoms with Gasteiger partial charge in [0.25, 0.3) is 0 Å². The summed E-state index contributed by atoms with van der Waals surface area (Å²) in [5.74, 6) is 0.699. The highest BCUT2D eigenvalue weighted by atomic mass is 19.1. The largest absolute Gasteiger partial charge is 0.329 e. The molecular formula is C19H28FN3O. The van der Waals surface area contributed by atoms with E-state index in [0.717, 1.165) is 36.7 Å². The molecule has 2 aromatic rings. The van der Waals surface area contributed by atoms with Gasteiger partial charge in [-0.15, -0.1) is 0 Å². The number of nitrogens with zero attached hydrogens (tertiary/aromatic N) is 3. The highest BCUT2D eigenvalue weighted by Crippen LogP contribution is 2.41. The normalized spacial score (nSPS) is 23.5. The van der Waals surface area contributed by atoms with E-state index in [-0.39, 0.29) is 18.3 Å².